The van der Waals surface area contributed by atoms with E-state index in [2.05, 4.69) is 27.5 Å². The van der Waals surface area contributed by atoms with Crippen LogP contribution < -0.4 is 5.56 Å². The van der Waals surface area contributed by atoms with Gasteiger partial charge in [0.15, 0.2) is 0 Å². The Hall–Kier alpha value is -0.610. The smallest absolute Gasteiger partial charge is 0.267 e. The second-order valence-electron chi connectivity index (χ2n) is 2.19. The van der Waals surface area contributed by atoms with Crippen LogP contribution in [-0.2, 0) is 6.54 Å². The number of hydrogen-bond acceptors (Lipinski definition) is 2. The number of allylic oxidation sites excluding steroid dienone is 1. The molecule has 0 amide bonds. The highest BCUT2D eigenvalue weighted by atomic mass is 79.9. The normalized spacial score (nSPS) is 9.83. The maximum atomic E-state index is 11.3. The molecule has 3 nitrogen and oxygen atoms in total. The number of rotatable bonds is 2. The van der Waals surface area contributed by atoms with Crippen molar-refractivity contribution in [1.82, 2.24) is 9.55 Å². The third-order valence-corrected chi connectivity index (χ3v) is 1.86. The second-order valence-corrected chi connectivity index (χ2v) is 3.58. The van der Waals surface area contributed by atoms with Crippen LogP contribution in [0.5, 0.6) is 0 Å². The van der Waals surface area contributed by atoms with Gasteiger partial charge in [-0.15, -0.1) is 0 Å². The summed E-state index contributed by atoms with van der Waals surface area (Å²) in [5.41, 5.74) is -0.160. The van der Waals surface area contributed by atoms with E-state index >= 15 is 0 Å². The Balaban J connectivity index is 3.09. The summed E-state index contributed by atoms with van der Waals surface area (Å²) >= 11 is 8.61. The third-order valence-electron chi connectivity index (χ3n) is 1.20. The van der Waals surface area contributed by atoms with Crippen LogP contribution in [0.15, 0.2) is 33.4 Å². The summed E-state index contributed by atoms with van der Waals surface area (Å²) in [7, 11) is 0. The van der Waals surface area contributed by atoms with E-state index in [1.54, 1.807) is 0 Å². The molecule has 0 unspecified atom stereocenters. The molecule has 64 valence electrons. The molecule has 0 aliphatic heterocycles. The van der Waals surface area contributed by atoms with Gasteiger partial charge in [-0.2, -0.15) is 0 Å². The highest BCUT2D eigenvalue weighted by Gasteiger charge is 2.00. The van der Waals surface area contributed by atoms with Crippen LogP contribution in [0, 0.1) is 0 Å². The predicted molar refractivity (Wildman–Crippen MR) is 51.2 cm³/mol. The average molecular weight is 249 g/mol. The summed E-state index contributed by atoms with van der Waals surface area (Å²) in [4.78, 5) is 15.1. The summed E-state index contributed by atoms with van der Waals surface area (Å²) < 4.78 is 1.79. The Morgan fingerprint density at radius 3 is 3.08 bits per heavy atom. The molecule has 1 rings (SSSR count). The van der Waals surface area contributed by atoms with Crippen molar-refractivity contribution in [3.63, 3.8) is 0 Å². The lowest BCUT2D eigenvalue weighted by Crippen LogP contribution is -2.20. The SMILES string of the molecule is C=C(Cl)Cn1cncc(Br)c1=O. The van der Waals surface area contributed by atoms with Gasteiger partial charge in [0.1, 0.15) is 4.47 Å². The van der Waals surface area contributed by atoms with E-state index in [0.717, 1.165) is 0 Å². The summed E-state index contributed by atoms with van der Waals surface area (Å²) in [6.07, 6.45) is 2.86. The monoisotopic (exact) mass is 248 g/mol. The van der Waals surface area contributed by atoms with E-state index in [9.17, 15) is 4.79 Å². The van der Waals surface area contributed by atoms with E-state index in [-0.39, 0.29) is 12.1 Å². The quantitative estimate of drug-likeness (QED) is 0.800. The largest absolute Gasteiger partial charge is 0.293 e. The van der Waals surface area contributed by atoms with Crippen molar-refractivity contribution in [1.29, 1.82) is 0 Å². The number of hydrogen-bond donors (Lipinski definition) is 0. The van der Waals surface area contributed by atoms with Crippen LogP contribution in [0.1, 0.15) is 0 Å². The molecular formula is C7H6BrClN2O. The minimum absolute atomic E-state index is 0.160. The fourth-order valence-electron chi connectivity index (χ4n) is 0.722. The van der Waals surface area contributed by atoms with E-state index < -0.39 is 0 Å². The zero-order valence-corrected chi connectivity index (χ0v) is 8.47. The maximum absolute atomic E-state index is 11.3. The van der Waals surface area contributed by atoms with Gasteiger partial charge in [0.05, 0.1) is 12.9 Å². The lowest BCUT2D eigenvalue weighted by atomic mass is 10.5. The zero-order chi connectivity index (χ0) is 9.14. The Kier molecular flexibility index (Phi) is 3.05. The second kappa shape index (κ2) is 3.87. The van der Waals surface area contributed by atoms with Crippen LogP contribution in [-0.4, -0.2) is 9.55 Å². The van der Waals surface area contributed by atoms with E-state index in [4.69, 9.17) is 11.6 Å². The lowest BCUT2D eigenvalue weighted by molar-refractivity contribution is 0.741. The molecule has 5 heteroatoms. The van der Waals surface area contributed by atoms with Crippen LogP contribution in [0.2, 0.25) is 0 Å². The van der Waals surface area contributed by atoms with Crippen molar-refractivity contribution in [3.8, 4) is 0 Å². The molecule has 12 heavy (non-hydrogen) atoms. The summed E-state index contributed by atoms with van der Waals surface area (Å²) in [5, 5.41) is 0.400. The molecule has 0 fully saturated rings. The minimum atomic E-state index is -0.160. The Morgan fingerprint density at radius 2 is 2.50 bits per heavy atom. The van der Waals surface area contributed by atoms with Crippen LogP contribution in [0.4, 0.5) is 0 Å². The highest BCUT2D eigenvalue weighted by Crippen LogP contribution is 2.02. The van der Waals surface area contributed by atoms with Gasteiger partial charge < -0.3 is 0 Å². The summed E-state index contributed by atoms with van der Waals surface area (Å²) in [6.45, 7) is 3.77. The molecule has 0 aliphatic carbocycles. The van der Waals surface area contributed by atoms with Gasteiger partial charge in [0, 0.05) is 11.2 Å². The number of nitrogens with zero attached hydrogens (tertiary/aromatic N) is 2. The standard InChI is InChI=1S/C7H6BrClN2O/c1-5(9)3-11-4-10-2-6(8)7(11)12/h2,4H,1,3H2. The van der Waals surface area contributed by atoms with E-state index in [0.29, 0.717) is 9.51 Å². The van der Waals surface area contributed by atoms with Crippen molar-refractivity contribution in [2.45, 2.75) is 6.54 Å². The van der Waals surface area contributed by atoms with Gasteiger partial charge in [0.2, 0.25) is 0 Å². The first kappa shape index (κ1) is 9.48. The highest BCUT2D eigenvalue weighted by molar-refractivity contribution is 9.10. The molecule has 0 N–H and O–H groups in total. The Labute approximate surface area is 82.8 Å². The topological polar surface area (TPSA) is 34.9 Å². The van der Waals surface area contributed by atoms with Gasteiger partial charge in [-0.25, -0.2) is 4.98 Å². The first-order valence-electron chi connectivity index (χ1n) is 3.14. The van der Waals surface area contributed by atoms with Crippen LogP contribution >= 0.6 is 27.5 Å². The molecule has 0 aromatic carbocycles. The lowest BCUT2D eigenvalue weighted by Gasteiger charge is -2.01. The number of aromatic nitrogens is 2. The molecule has 0 saturated heterocycles. The molecule has 0 spiro atoms. The van der Waals surface area contributed by atoms with E-state index in [1.807, 2.05) is 0 Å². The van der Waals surface area contributed by atoms with Crippen LogP contribution in [0.25, 0.3) is 0 Å². The van der Waals surface area contributed by atoms with Crippen LogP contribution in [0.3, 0.4) is 0 Å². The first-order chi connectivity index (χ1) is 5.61. The van der Waals surface area contributed by atoms with Gasteiger partial charge in [-0.1, -0.05) is 18.2 Å². The summed E-state index contributed by atoms with van der Waals surface area (Å²) in [6, 6.07) is 0. The van der Waals surface area contributed by atoms with E-state index in [1.165, 1.54) is 17.1 Å². The zero-order valence-electron chi connectivity index (χ0n) is 6.13. The maximum Gasteiger partial charge on any atom is 0.267 e. The van der Waals surface area contributed by atoms with Gasteiger partial charge in [0.25, 0.3) is 5.56 Å². The average Bonchev–Trinajstić information content (AvgIpc) is 1.98. The predicted octanol–water partition coefficient (Wildman–Crippen LogP) is 1.76. The molecular weight excluding hydrogens is 243 g/mol. The minimum Gasteiger partial charge on any atom is -0.293 e. The Morgan fingerprint density at radius 1 is 1.83 bits per heavy atom. The molecule has 0 saturated carbocycles. The van der Waals surface area contributed by atoms with Gasteiger partial charge >= 0.3 is 0 Å². The molecule has 0 atom stereocenters. The fourth-order valence-corrected chi connectivity index (χ4v) is 1.20. The van der Waals surface area contributed by atoms with Gasteiger partial charge in [-0.05, 0) is 15.9 Å². The Bertz CT molecular complexity index is 361. The third kappa shape index (κ3) is 2.19. The first-order valence-corrected chi connectivity index (χ1v) is 4.31. The van der Waals surface area contributed by atoms with Crippen molar-refractivity contribution in [2.24, 2.45) is 0 Å². The summed E-state index contributed by atoms with van der Waals surface area (Å²) in [5.74, 6) is 0. The van der Waals surface area contributed by atoms with Crippen molar-refractivity contribution in [2.75, 3.05) is 0 Å². The molecule has 1 aromatic rings. The molecule has 0 bridgehead atoms. The fraction of sp³-hybridized carbons (Fsp3) is 0.143. The van der Waals surface area contributed by atoms with Crippen molar-refractivity contribution >= 4 is 27.5 Å². The van der Waals surface area contributed by atoms with Crippen molar-refractivity contribution in [3.05, 3.63) is 39.0 Å². The molecule has 1 aromatic heterocycles. The molecule has 0 aliphatic rings. The number of halogens is 2. The van der Waals surface area contributed by atoms with Gasteiger partial charge in [-0.3, -0.25) is 9.36 Å². The molecule has 0 radical (unpaired) electrons. The molecule has 1 heterocycles. The van der Waals surface area contributed by atoms with Crippen molar-refractivity contribution < 1.29 is 0 Å².